The summed E-state index contributed by atoms with van der Waals surface area (Å²) in [6.07, 6.45) is 0. The van der Waals surface area contributed by atoms with Crippen molar-refractivity contribution < 1.29 is 103 Å². The Morgan fingerprint density at radius 1 is 1.06 bits per heavy atom. The minimum absolute atomic E-state index is 0. The van der Waals surface area contributed by atoms with Gasteiger partial charge in [-0.15, -0.1) is 5.54 Å². The first-order valence-corrected chi connectivity index (χ1v) is 7.79. The van der Waals surface area contributed by atoms with Crippen LogP contribution < -0.4 is 0 Å². The van der Waals surface area contributed by atoms with Crippen LogP contribution in [0.1, 0.15) is 5.56 Å². The van der Waals surface area contributed by atoms with Gasteiger partial charge in [-0.3, -0.25) is 0 Å². The molecule has 1 nitrogen and oxygen atoms in total. The third-order valence-electron chi connectivity index (χ3n) is 1.43. The molecule has 1 N–H and O–H groups in total. The average molecular weight is 457 g/mol. The maximum atomic E-state index is 9.19. The van der Waals surface area contributed by atoms with Crippen molar-refractivity contribution in [2.75, 3.05) is 0 Å². The van der Waals surface area contributed by atoms with E-state index in [1.165, 1.54) is 0 Å². The van der Waals surface area contributed by atoms with E-state index in [-0.39, 0.29) is 104 Å². The summed E-state index contributed by atoms with van der Waals surface area (Å²) >= 11 is 0. The van der Waals surface area contributed by atoms with Gasteiger partial charge >= 0.3 is 0 Å². The fourth-order valence-corrected chi connectivity index (χ4v) is 1.36. The normalized spacial score (nSPS) is 8.44. The molecule has 1 aromatic rings. The molecule has 0 amide bonds. The number of aromatic hydroxyl groups is 1. The molecule has 0 aliphatic carbocycles. The fourth-order valence-electron chi connectivity index (χ4n) is 0.843. The number of hydrogen-bond donors (Lipinski definition) is 1. The van der Waals surface area contributed by atoms with Gasteiger partial charge in [0.1, 0.15) is 13.8 Å². The van der Waals surface area contributed by atoms with E-state index in [0.29, 0.717) is 0 Å². The first kappa shape index (κ1) is 23.2. The fraction of sp³-hybridized carbons (Fsp3) is 0.273. The molecule has 1 aromatic carbocycles. The zero-order valence-electron chi connectivity index (χ0n) is 9.99. The third kappa shape index (κ3) is 11.2. The van der Waals surface area contributed by atoms with Gasteiger partial charge in [0.05, 0.1) is 0 Å². The summed E-state index contributed by atoms with van der Waals surface area (Å²) in [7, 11) is -1.30. The molecular formula is C11H14OSiY3. The Bertz CT molecular complexity index is 363. The van der Waals surface area contributed by atoms with Crippen molar-refractivity contribution >= 4 is 8.07 Å². The van der Waals surface area contributed by atoms with Crippen LogP contribution in [0.4, 0.5) is 0 Å². The van der Waals surface area contributed by atoms with Crippen molar-refractivity contribution in [3.05, 3.63) is 29.8 Å². The van der Waals surface area contributed by atoms with Crippen LogP contribution >= 0.6 is 0 Å². The molecule has 77 valence electrons. The summed E-state index contributed by atoms with van der Waals surface area (Å²) in [5, 5.41) is 9.19. The molecular weight excluding hydrogens is 443 g/mol. The van der Waals surface area contributed by atoms with Crippen molar-refractivity contribution in [1.29, 1.82) is 0 Å². The van der Waals surface area contributed by atoms with Crippen LogP contribution in [-0.4, -0.2) is 13.2 Å². The predicted octanol–water partition coefficient (Wildman–Crippen LogP) is 2.61. The molecule has 0 bridgehead atoms. The summed E-state index contributed by atoms with van der Waals surface area (Å²) in [5.74, 6) is 3.36. The number of rotatable bonds is 0. The SMILES string of the molecule is C[Si](C)(C)C#Cc1cccc(O)c1.[Y].[Y].[Y]. The van der Waals surface area contributed by atoms with Gasteiger partial charge in [0.2, 0.25) is 0 Å². The smallest absolute Gasteiger partial charge is 0.129 e. The standard InChI is InChI=1S/C11H14OSi.3Y/c1-13(2,3)8-7-10-5-4-6-11(12)9-10;;;/h4-6,9,12H,1-3H3;;;. The van der Waals surface area contributed by atoms with Crippen molar-refractivity contribution in [2.24, 2.45) is 0 Å². The van der Waals surface area contributed by atoms with Gasteiger partial charge < -0.3 is 5.11 Å². The van der Waals surface area contributed by atoms with Gasteiger partial charge in [0.25, 0.3) is 0 Å². The van der Waals surface area contributed by atoms with Gasteiger partial charge in [-0.2, -0.15) is 0 Å². The second-order valence-electron chi connectivity index (χ2n) is 4.05. The first-order valence-electron chi connectivity index (χ1n) is 4.29. The Kier molecular flexibility index (Phi) is 15.9. The molecule has 0 aromatic heterocycles. The molecule has 16 heavy (non-hydrogen) atoms. The predicted molar refractivity (Wildman–Crippen MR) is 58.3 cm³/mol. The Balaban J connectivity index is -0.000000563. The molecule has 0 saturated carbocycles. The molecule has 0 spiro atoms. The summed E-state index contributed by atoms with van der Waals surface area (Å²) < 4.78 is 0. The van der Waals surface area contributed by atoms with E-state index in [1.807, 2.05) is 12.1 Å². The number of hydrogen-bond acceptors (Lipinski definition) is 1. The molecule has 3 radical (unpaired) electrons. The second-order valence-corrected chi connectivity index (χ2v) is 8.80. The first-order chi connectivity index (χ1) is 5.97. The third-order valence-corrected chi connectivity index (χ3v) is 2.30. The number of phenolic OH excluding ortho intramolecular Hbond substituents is 1. The van der Waals surface area contributed by atoms with Crippen LogP contribution in [0, 0.1) is 11.5 Å². The Morgan fingerprint density at radius 3 is 2.06 bits per heavy atom. The maximum Gasteiger partial charge on any atom is 0.129 e. The zero-order chi connectivity index (χ0) is 9.90. The topological polar surface area (TPSA) is 20.2 Å². The minimum atomic E-state index is -1.30. The van der Waals surface area contributed by atoms with Gasteiger partial charge in [0, 0.05) is 104 Å². The van der Waals surface area contributed by atoms with Gasteiger partial charge in [-0.05, 0) is 18.2 Å². The number of benzene rings is 1. The van der Waals surface area contributed by atoms with E-state index in [1.54, 1.807) is 12.1 Å². The van der Waals surface area contributed by atoms with E-state index in [4.69, 9.17) is 0 Å². The van der Waals surface area contributed by atoms with Crippen molar-refractivity contribution in [2.45, 2.75) is 19.6 Å². The Labute approximate surface area is 175 Å². The molecule has 0 saturated heterocycles. The van der Waals surface area contributed by atoms with Crippen LogP contribution in [0.5, 0.6) is 5.75 Å². The van der Waals surface area contributed by atoms with Crippen LogP contribution in [0.2, 0.25) is 19.6 Å². The molecule has 0 atom stereocenters. The van der Waals surface area contributed by atoms with Crippen LogP contribution in [0.15, 0.2) is 24.3 Å². The van der Waals surface area contributed by atoms with E-state index >= 15 is 0 Å². The number of phenols is 1. The van der Waals surface area contributed by atoms with Crippen LogP contribution in [0.3, 0.4) is 0 Å². The van der Waals surface area contributed by atoms with Crippen molar-refractivity contribution in [1.82, 2.24) is 0 Å². The molecule has 0 unspecified atom stereocenters. The van der Waals surface area contributed by atoms with Crippen LogP contribution in [0.25, 0.3) is 0 Å². The van der Waals surface area contributed by atoms with E-state index in [9.17, 15) is 5.11 Å². The molecule has 0 aliphatic rings. The van der Waals surface area contributed by atoms with E-state index < -0.39 is 8.07 Å². The summed E-state index contributed by atoms with van der Waals surface area (Å²) in [5.41, 5.74) is 4.13. The van der Waals surface area contributed by atoms with Gasteiger partial charge in [-0.25, -0.2) is 0 Å². The van der Waals surface area contributed by atoms with Gasteiger partial charge in [0.15, 0.2) is 0 Å². The average Bonchev–Trinajstić information content (AvgIpc) is 2.00. The van der Waals surface area contributed by atoms with Crippen molar-refractivity contribution in [3.8, 4) is 17.2 Å². The molecule has 1 rings (SSSR count). The Hall–Kier alpha value is 2.11. The second kappa shape index (κ2) is 11.0. The van der Waals surface area contributed by atoms with E-state index in [2.05, 4.69) is 31.1 Å². The summed E-state index contributed by atoms with van der Waals surface area (Å²) in [6.45, 7) is 6.59. The monoisotopic (exact) mass is 457 g/mol. The maximum absolute atomic E-state index is 9.19. The largest absolute Gasteiger partial charge is 0.508 e. The molecule has 0 aliphatic heterocycles. The van der Waals surface area contributed by atoms with E-state index in [0.717, 1.165) is 5.56 Å². The molecule has 0 fully saturated rings. The Morgan fingerprint density at radius 2 is 1.62 bits per heavy atom. The van der Waals surface area contributed by atoms with Crippen molar-refractivity contribution in [3.63, 3.8) is 0 Å². The molecule has 5 heteroatoms. The summed E-state index contributed by atoms with van der Waals surface area (Å²) in [6, 6.07) is 7.06. The van der Waals surface area contributed by atoms with Gasteiger partial charge in [-0.1, -0.05) is 31.6 Å². The minimum Gasteiger partial charge on any atom is -0.508 e. The quantitative estimate of drug-likeness (QED) is 0.470. The molecule has 0 heterocycles. The zero-order valence-corrected chi connectivity index (χ0v) is 19.5. The summed E-state index contributed by atoms with van der Waals surface area (Å²) in [4.78, 5) is 0. The van der Waals surface area contributed by atoms with Crippen LogP contribution in [-0.2, 0) is 98.1 Å².